The number of nitrogens with zero attached hydrogens (tertiary/aromatic N) is 3. The van der Waals surface area contributed by atoms with E-state index >= 15 is 0 Å². The molecule has 88 valence electrons. The summed E-state index contributed by atoms with van der Waals surface area (Å²) in [6.07, 6.45) is 11.2. The third kappa shape index (κ3) is 1.88. The van der Waals surface area contributed by atoms with Gasteiger partial charge < -0.3 is 4.57 Å². The fourth-order valence-corrected chi connectivity index (χ4v) is 3.51. The van der Waals surface area contributed by atoms with Crippen LogP contribution in [0.1, 0.15) is 37.8 Å². The Bertz CT molecular complexity index is 358. The zero-order valence-corrected chi connectivity index (χ0v) is 10.1. The van der Waals surface area contributed by atoms with E-state index in [9.17, 15) is 0 Å². The Morgan fingerprint density at radius 3 is 3.00 bits per heavy atom. The Balaban J connectivity index is 1.69. The summed E-state index contributed by atoms with van der Waals surface area (Å²) in [5.74, 6) is 0.984. The summed E-state index contributed by atoms with van der Waals surface area (Å²) >= 11 is 0. The molecule has 3 rings (SSSR count). The SMILES string of the molecule is Cn1cnc(CN2CCC[C@H]3CCC[C@H]32)c1. The van der Waals surface area contributed by atoms with Gasteiger partial charge in [-0.05, 0) is 38.1 Å². The molecule has 0 aromatic carbocycles. The molecular weight excluding hydrogens is 198 g/mol. The third-order valence-corrected chi connectivity index (χ3v) is 4.23. The summed E-state index contributed by atoms with van der Waals surface area (Å²) in [5, 5.41) is 0. The second kappa shape index (κ2) is 4.21. The maximum absolute atomic E-state index is 4.45. The molecule has 0 N–H and O–H groups in total. The lowest BCUT2D eigenvalue weighted by Gasteiger charge is -2.37. The Labute approximate surface area is 97.5 Å². The Kier molecular flexibility index (Phi) is 2.72. The van der Waals surface area contributed by atoms with Crippen molar-refractivity contribution in [2.24, 2.45) is 13.0 Å². The first-order valence-corrected chi connectivity index (χ1v) is 6.54. The maximum atomic E-state index is 4.45. The van der Waals surface area contributed by atoms with Crippen LogP contribution < -0.4 is 0 Å². The quantitative estimate of drug-likeness (QED) is 0.760. The highest BCUT2D eigenvalue weighted by molar-refractivity contribution is 4.99. The van der Waals surface area contributed by atoms with E-state index in [0.29, 0.717) is 0 Å². The maximum Gasteiger partial charge on any atom is 0.0947 e. The van der Waals surface area contributed by atoms with Gasteiger partial charge in [0, 0.05) is 25.8 Å². The van der Waals surface area contributed by atoms with Crippen molar-refractivity contribution in [1.82, 2.24) is 14.5 Å². The predicted octanol–water partition coefficient (Wildman–Crippen LogP) is 2.18. The lowest BCUT2D eigenvalue weighted by molar-refractivity contribution is 0.104. The number of rotatable bonds is 2. The molecule has 1 aliphatic carbocycles. The van der Waals surface area contributed by atoms with Crippen LogP contribution in [0.15, 0.2) is 12.5 Å². The first-order chi connectivity index (χ1) is 7.83. The summed E-state index contributed by atoms with van der Waals surface area (Å²) in [6, 6.07) is 0.857. The standard InChI is InChI=1S/C13H21N3/c1-15-8-12(14-10-15)9-16-7-3-5-11-4-2-6-13(11)16/h8,10-11,13H,2-7,9H2,1H3/t11-,13-/m1/s1. The molecule has 2 atom stereocenters. The van der Waals surface area contributed by atoms with Gasteiger partial charge in [-0.2, -0.15) is 0 Å². The van der Waals surface area contributed by atoms with Gasteiger partial charge >= 0.3 is 0 Å². The van der Waals surface area contributed by atoms with Crippen LogP contribution in [0.3, 0.4) is 0 Å². The molecule has 0 amide bonds. The van der Waals surface area contributed by atoms with Crippen LogP contribution in [0.5, 0.6) is 0 Å². The molecule has 1 aliphatic heterocycles. The molecule has 0 unspecified atom stereocenters. The van der Waals surface area contributed by atoms with Crippen molar-refractivity contribution in [3.05, 3.63) is 18.2 Å². The fourth-order valence-electron chi connectivity index (χ4n) is 3.51. The normalized spacial score (nSPS) is 30.6. The van der Waals surface area contributed by atoms with Gasteiger partial charge in [-0.25, -0.2) is 4.98 Å². The molecule has 1 saturated heterocycles. The van der Waals surface area contributed by atoms with Crippen LogP contribution in [0, 0.1) is 5.92 Å². The van der Waals surface area contributed by atoms with Crippen molar-refractivity contribution in [2.45, 2.75) is 44.7 Å². The number of aromatic nitrogens is 2. The minimum absolute atomic E-state index is 0.857. The highest BCUT2D eigenvalue weighted by atomic mass is 15.2. The summed E-state index contributed by atoms with van der Waals surface area (Å²) in [5.41, 5.74) is 1.23. The van der Waals surface area contributed by atoms with Gasteiger partial charge in [-0.1, -0.05) is 6.42 Å². The van der Waals surface area contributed by atoms with Gasteiger partial charge in [0.05, 0.1) is 12.0 Å². The number of hydrogen-bond acceptors (Lipinski definition) is 2. The predicted molar refractivity (Wildman–Crippen MR) is 64.0 cm³/mol. The molecule has 3 nitrogen and oxygen atoms in total. The van der Waals surface area contributed by atoms with Gasteiger partial charge in [0.2, 0.25) is 0 Å². The average molecular weight is 219 g/mol. The van der Waals surface area contributed by atoms with E-state index in [1.165, 1.54) is 44.3 Å². The Morgan fingerprint density at radius 2 is 2.19 bits per heavy atom. The highest BCUT2D eigenvalue weighted by Gasteiger charge is 2.34. The summed E-state index contributed by atoms with van der Waals surface area (Å²) in [7, 11) is 2.05. The van der Waals surface area contributed by atoms with Gasteiger partial charge in [0.1, 0.15) is 0 Å². The van der Waals surface area contributed by atoms with Crippen molar-refractivity contribution in [3.8, 4) is 0 Å². The minimum Gasteiger partial charge on any atom is -0.340 e. The fraction of sp³-hybridized carbons (Fsp3) is 0.769. The van der Waals surface area contributed by atoms with Crippen LogP contribution in [0.2, 0.25) is 0 Å². The molecule has 2 fully saturated rings. The van der Waals surface area contributed by atoms with Crippen molar-refractivity contribution >= 4 is 0 Å². The largest absolute Gasteiger partial charge is 0.340 e. The van der Waals surface area contributed by atoms with Gasteiger partial charge in [-0.15, -0.1) is 0 Å². The van der Waals surface area contributed by atoms with Crippen molar-refractivity contribution in [3.63, 3.8) is 0 Å². The Hall–Kier alpha value is -0.830. The van der Waals surface area contributed by atoms with Crippen molar-refractivity contribution < 1.29 is 0 Å². The van der Waals surface area contributed by atoms with Crippen LogP contribution >= 0.6 is 0 Å². The summed E-state index contributed by atoms with van der Waals surface area (Å²) in [4.78, 5) is 7.12. The van der Waals surface area contributed by atoms with E-state index < -0.39 is 0 Å². The number of fused-ring (bicyclic) bond motifs is 1. The molecule has 0 bridgehead atoms. The topological polar surface area (TPSA) is 21.1 Å². The number of hydrogen-bond donors (Lipinski definition) is 0. The molecule has 0 radical (unpaired) electrons. The monoisotopic (exact) mass is 219 g/mol. The Morgan fingerprint density at radius 1 is 1.31 bits per heavy atom. The molecule has 1 aromatic rings. The summed E-state index contributed by atoms with van der Waals surface area (Å²) < 4.78 is 2.05. The van der Waals surface area contributed by atoms with E-state index in [1.54, 1.807) is 0 Å². The highest BCUT2D eigenvalue weighted by Crippen LogP contribution is 2.37. The summed E-state index contributed by atoms with van der Waals surface area (Å²) in [6.45, 7) is 2.33. The van der Waals surface area contributed by atoms with Gasteiger partial charge in [-0.3, -0.25) is 4.90 Å². The van der Waals surface area contributed by atoms with Gasteiger partial charge in [0.15, 0.2) is 0 Å². The average Bonchev–Trinajstić information content (AvgIpc) is 2.87. The molecule has 16 heavy (non-hydrogen) atoms. The number of piperidine rings is 1. The molecule has 1 aromatic heterocycles. The van der Waals surface area contributed by atoms with Crippen LogP contribution in [0.4, 0.5) is 0 Å². The second-order valence-electron chi connectivity index (χ2n) is 5.40. The number of likely N-dealkylation sites (tertiary alicyclic amines) is 1. The van der Waals surface area contributed by atoms with E-state index in [1.807, 2.05) is 17.9 Å². The molecule has 2 heterocycles. The molecule has 0 spiro atoms. The van der Waals surface area contributed by atoms with E-state index in [4.69, 9.17) is 0 Å². The van der Waals surface area contributed by atoms with Crippen LogP contribution in [-0.4, -0.2) is 27.0 Å². The molecule has 3 heteroatoms. The third-order valence-electron chi connectivity index (χ3n) is 4.23. The van der Waals surface area contributed by atoms with Crippen molar-refractivity contribution in [2.75, 3.05) is 6.54 Å². The van der Waals surface area contributed by atoms with Crippen LogP contribution in [-0.2, 0) is 13.6 Å². The van der Waals surface area contributed by atoms with Crippen molar-refractivity contribution in [1.29, 1.82) is 0 Å². The van der Waals surface area contributed by atoms with Gasteiger partial charge in [0.25, 0.3) is 0 Å². The zero-order valence-electron chi connectivity index (χ0n) is 10.1. The van der Waals surface area contributed by atoms with E-state index in [-0.39, 0.29) is 0 Å². The molecule has 2 aliphatic rings. The van der Waals surface area contributed by atoms with E-state index in [0.717, 1.165) is 18.5 Å². The first kappa shape index (κ1) is 10.3. The second-order valence-corrected chi connectivity index (χ2v) is 5.40. The van der Waals surface area contributed by atoms with Crippen LogP contribution in [0.25, 0.3) is 0 Å². The first-order valence-electron chi connectivity index (χ1n) is 6.54. The minimum atomic E-state index is 0.857. The smallest absolute Gasteiger partial charge is 0.0947 e. The zero-order chi connectivity index (χ0) is 11.0. The molecular formula is C13H21N3. The number of aryl methyl sites for hydroxylation is 1. The lowest BCUT2D eigenvalue weighted by Crippen LogP contribution is -2.41. The molecule has 1 saturated carbocycles. The number of imidazole rings is 1. The van der Waals surface area contributed by atoms with E-state index in [2.05, 4.69) is 16.1 Å². The lowest BCUT2D eigenvalue weighted by atomic mass is 9.92.